The highest BCUT2D eigenvalue weighted by Gasteiger charge is 2.15. The maximum atomic E-state index is 5.12. The second kappa shape index (κ2) is 3.24. The highest BCUT2D eigenvalue weighted by atomic mass is 32.1. The Bertz CT molecular complexity index is 940. The minimum absolute atomic E-state index is 0.262. The molecule has 1 aromatic carbocycles. The zero-order valence-corrected chi connectivity index (χ0v) is 10.4. The first-order valence-corrected chi connectivity index (χ1v) is 5.86. The largest absolute Gasteiger partial charge is 0.323 e. The molecule has 8 heteroatoms. The molecular weight excluding hydrogens is 272 g/mol. The van der Waals surface area contributed by atoms with E-state index < -0.39 is 0 Å². The van der Waals surface area contributed by atoms with E-state index in [1.165, 1.54) is 0 Å². The van der Waals surface area contributed by atoms with E-state index in [2.05, 4.69) is 10.3 Å². The summed E-state index contributed by atoms with van der Waals surface area (Å²) in [7, 11) is 0. The van der Waals surface area contributed by atoms with Crippen molar-refractivity contribution in [3.05, 3.63) is 33.9 Å². The van der Waals surface area contributed by atoms with Gasteiger partial charge < -0.3 is 9.05 Å². The fraction of sp³-hybridized carbons (Fsp3) is 0. The summed E-state index contributed by atoms with van der Waals surface area (Å²) in [6, 6.07) is 7.62. The first-order chi connectivity index (χ1) is 8.77. The van der Waals surface area contributed by atoms with Crippen LogP contribution in [0, 0.1) is 9.67 Å². The van der Waals surface area contributed by atoms with Crippen molar-refractivity contribution in [2.24, 2.45) is 0 Å². The van der Waals surface area contributed by atoms with Crippen LogP contribution >= 0.6 is 24.4 Å². The Morgan fingerprint density at radius 3 is 1.72 bits per heavy atom. The summed E-state index contributed by atoms with van der Waals surface area (Å²) in [4.78, 5) is 0.523. The van der Waals surface area contributed by atoms with Crippen molar-refractivity contribution < 1.29 is 9.05 Å². The molecule has 0 amide bonds. The van der Waals surface area contributed by atoms with Gasteiger partial charge in [-0.25, -0.2) is 8.80 Å². The van der Waals surface area contributed by atoms with Crippen molar-refractivity contribution in [1.82, 2.24) is 19.1 Å². The first-order valence-electron chi connectivity index (χ1n) is 5.05. The lowest BCUT2D eigenvalue weighted by molar-refractivity contribution is 0.403. The minimum Gasteiger partial charge on any atom is -0.323 e. The molecule has 0 radical (unpaired) electrons. The topological polar surface area (TPSA) is 60.9 Å². The van der Waals surface area contributed by atoms with E-state index in [4.69, 9.17) is 33.5 Å². The highest BCUT2D eigenvalue weighted by Crippen LogP contribution is 2.21. The second-order valence-corrected chi connectivity index (χ2v) is 4.40. The summed E-state index contributed by atoms with van der Waals surface area (Å²) in [6.07, 6.45) is 0. The molecule has 0 N–H and O–H groups in total. The van der Waals surface area contributed by atoms with Crippen LogP contribution in [0.25, 0.3) is 22.3 Å². The normalized spacial score (nSPS) is 11.8. The Hall–Kier alpha value is -2.06. The molecule has 0 atom stereocenters. The number of benzene rings is 1. The van der Waals surface area contributed by atoms with Crippen molar-refractivity contribution in [3.63, 3.8) is 0 Å². The molecule has 0 saturated heterocycles. The van der Waals surface area contributed by atoms with Gasteiger partial charge in [0, 0.05) is 0 Å². The molecule has 0 spiro atoms. The van der Waals surface area contributed by atoms with Gasteiger partial charge in [0.05, 0.1) is 11.0 Å². The first kappa shape index (κ1) is 9.92. The Kier molecular flexibility index (Phi) is 1.78. The van der Waals surface area contributed by atoms with Gasteiger partial charge >= 0.3 is 9.67 Å². The lowest BCUT2D eigenvalue weighted by atomic mass is 10.3. The van der Waals surface area contributed by atoms with Crippen molar-refractivity contribution in [2.45, 2.75) is 0 Å². The lowest BCUT2D eigenvalue weighted by Crippen LogP contribution is -1.97. The Morgan fingerprint density at radius 1 is 0.833 bits per heavy atom. The van der Waals surface area contributed by atoms with E-state index in [0.29, 0.717) is 11.3 Å². The highest BCUT2D eigenvalue weighted by molar-refractivity contribution is 7.71. The molecule has 0 bridgehead atoms. The number of aromatic nitrogens is 4. The molecular formula is C10H4N4O2S2. The van der Waals surface area contributed by atoms with Crippen LogP contribution in [0.3, 0.4) is 0 Å². The number of hydrogen-bond acceptors (Lipinski definition) is 6. The molecule has 3 aromatic heterocycles. The van der Waals surface area contributed by atoms with Gasteiger partial charge in [-0.15, -0.1) is 0 Å². The third kappa shape index (κ3) is 1.06. The fourth-order valence-electron chi connectivity index (χ4n) is 2.05. The van der Waals surface area contributed by atoms with E-state index in [1.54, 1.807) is 8.80 Å². The predicted molar refractivity (Wildman–Crippen MR) is 67.6 cm³/mol. The quantitative estimate of drug-likeness (QED) is 0.460. The summed E-state index contributed by atoms with van der Waals surface area (Å²) in [5.41, 5.74) is 2.65. The SMILES string of the molecule is S=c1onc2c3noc(=S)n3c3ccccc3n12. The van der Waals surface area contributed by atoms with Gasteiger partial charge in [0.25, 0.3) is 0 Å². The van der Waals surface area contributed by atoms with E-state index in [9.17, 15) is 0 Å². The van der Waals surface area contributed by atoms with E-state index in [0.717, 1.165) is 11.0 Å². The lowest BCUT2D eigenvalue weighted by Gasteiger charge is -2.02. The molecule has 18 heavy (non-hydrogen) atoms. The van der Waals surface area contributed by atoms with Gasteiger partial charge in [-0.2, -0.15) is 0 Å². The van der Waals surface area contributed by atoms with Crippen molar-refractivity contribution in [1.29, 1.82) is 0 Å². The van der Waals surface area contributed by atoms with E-state index in [1.807, 2.05) is 24.3 Å². The van der Waals surface area contributed by atoms with Gasteiger partial charge in [0.1, 0.15) is 0 Å². The Balaban J connectivity index is 2.59. The molecule has 0 saturated carbocycles. The molecule has 6 nitrogen and oxygen atoms in total. The van der Waals surface area contributed by atoms with Crippen LogP contribution in [0.1, 0.15) is 0 Å². The summed E-state index contributed by atoms with van der Waals surface area (Å²) < 4.78 is 13.5. The average molecular weight is 276 g/mol. The van der Waals surface area contributed by atoms with Crippen molar-refractivity contribution >= 4 is 46.8 Å². The van der Waals surface area contributed by atoms with Gasteiger partial charge in [-0.1, -0.05) is 22.4 Å². The molecule has 4 aromatic rings. The molecule has 0 aliphatic carbocycles. The zero-order valence-electron chi connectivity index (χ0n) is 8.73. The standard InChI is InChI=1S/C10H4N4O2S2/c17-9-13-5-3-1-2-4-6(5)14-8(7(13)11-15-9)12-16-10(14)18/h1-4H. The minimum atomic E-state index is 0.262. The molecule has 0 aliphatic rings. The van der Waals surface area contributed by atoms with Gasteiger partial charge in [0.15, 0.2) is 0 Å². The van der Waals surface area contributed by atoms with Crippen molar-refractivity contribution in [2.75, 3.05) is 0 Å². The number of nitrogens with zero attached hydrogens (tertiary/aromatic N) is 4. The molecule has 0 fully saturated rings. The Labute approximate surface area is 109 Å². The molecule has 0 unspecified atom stereocenters. The van der Waals surface area contributed by atoms with Crippen LogP contribution in [-0.4, -0.2) is 19.1 Å². The summed E-state index contributed by atoms with van der Waals surface area (Å²) in [6.45, 7) is 0. The maximum Gasteiger partial charge on any atom is 0.302 e. The average Bonchev–Trinajstić information content (AvgIpc) is 2.94. The van der Waals surface area contributed by atoms with Crippen LogP contribution in [0.2, 0.25) is 0 Å². The van der Waals surface area contributed by atoms with E-state index in [-0.39, 0.29) is 9.67 Å². The number of rotatable bonds is 0. The van der Waals surface area contributed by atoms with Gasteiger partial charge in [-0.05, 0) is 36.6 Å². The van der Waals surface area contributed by atoms with E-state index >= 15 is 0 Å². The molecule has 88 valence electrons. The molecule has 0 aliphatic heterocycles. The summed E-state index contributed by atoms with van der Waals surface area (Å²) in [5.74, 6) is 0. The maximum absolute atomic E-state index is 5.12. The van der Waals surface area contributed by atoms with Crippen LogP contribution in [-0.2, 0) is 0 Å². The van der Waals surface area contributed by atoms with Crippen LogP contribution in [0.4, 0.5) is 0 Å². The smallest absolute Gasteiger partial charge is 0.302 e. The number of para-hydroxylation sites is 2. The summed E-state index contributed by atoms with van der Waals surface area (Å²) in [5, 5.41) is 7.81. The van der Waals surface area contributed by atoms with Crippen LogP contribution in [0.15, 0.2) is 33.3 Å². The van der Waals surface area contributed by atoms with Gasteiger partial charge in [-0.3, -0.25) is 0 Å². The number of hydrogen-bond donors (Lipinski definition) is 0. The molecule has 4 rings (SSSR count). The van der Waals surface area contributed by atoms with Crippen molar-refractivity contribution in [3.8, 4) is 0 Å². The third-order valence-corrected chi connectivity index (χ3v) is 3.29. The monoisotopic (exact) mass is 276 g/mol. The predicted octanol–water partition coefficient (Wildman–Crippen LogP) is 2.78. The number of fused-ring (bicyclic) bond motifs is 6. The zero-order chi connectivity index (χ0) is 12.3. The van der Waals surface area contributed by atoms with Gasteiger partial charge in [0.2, 0.25) is 11.3 Å². The Morgan fingerprint density at radius 2 is 1.28 bits per heavy atom. The fourth-order valence-corrected chi connectivity index (χ4v) is 2.49. The summed E-state index contributed by atoms with van der Waals surface area (Å²) >= 11 is 10.2. The molecule has 3 heterocycles. The van der Waals surface area contributed by atoms with Crippen LogP contribution in [0.5, 0.6) is 0 Å². The van der Waals surface area contributed by atoms with Crippen LogP contribution < -0.4 is 0 Å². The third-order valence-electron chi connectivity index (χ3n) is 2.77. The second-order valence-electron chi connectivity index (χ2n) is 3.70.